The molecule has 0 bridgehead atoms. The fourth-order valence-corrected chi connectivity index (χ4v) is 4.51. The van der Waals surface area contributed by atoms with Gasteiger partial charge in [-0.2, -0.15) is 16.4 Å². The van der Waals surface area contributed by atoms with Crippen LogP contribution in [0.5, 0.6) is 17.2 Å². The lowest BCUT2D eigenvalue weighted by molar-refractivity contribution is -0.0209. The van der Waals surface area contributed by atoms with E-state index < -0.39 is 0 Å². The van der Waals surface area contributed by atoms with Crippen LogP contribution in [-0.2, 0) is 0 Å². The maximum Gasteiger partial charge on any atom is 0.214 e. The minimum atomic E-state index is -0.305. The second-order valence-corrected chi connectivity index (χ2v) is 7.61. The summed E-state index contributed by atoms with van der Waals surface area (Å²) in [4.78, 5) is 0. The van der Waals surface area contributed by atoms with E-state index in [0.717, 1.165) is 40.3 Å². The number of fused-ring (bicyclic) bond motifs is 3. The van der Waals surface area contributed by atoms with Crippen LogP contribution >= 0.6 is 11.3 Å². The van der Waals surface area contributed by atoms with Crippen LogP contribution in [0.3, 0.4) is 0 Å². The fourth-order valence-electron chi connectivity index (χ4n) is 3.85. The SMILES string of the molecule is CCOc1cccc2c1OC(c1ccsc1)N1N=C(c3cccc(O)c3)CC21. The molecule has 0 saturated heterocycles. The normalized spacial score (nSPS) is 20.2. The molecule has 2 aliphatic rings. The molecular weight excluding hydrogens is 372 g/mol. The Morgan fingerprint density at radius 3 is 2.93 bits per heavy atom. The van der Waals surface area contributed by atoms with Crippen molar-refractivity contribution in [1.82, 2.24) is 5.01 Å². The van der Waals surface area contributed by atoms with Gasteiger partial charge in [0.05, 0.1) is 18.4 Å². The molecule has 0 aliphatic carbocycles. The summed E-state index contributed by atoms with van der Waals surface area (Å²) in [5, 5.41) is 21.0. The van der Waals surface area contributed by atoms with Gasteiger partial charge >= 0.3 is 0 Å². The van der Waals surface area contributed by atoms with Crippen molar-refractivity contribution in [1.29, 1.82) is 0 Å². The number of ether oxygens (including phenoxy) is 2. The molecule has 0 spiro atoms. The van der Waals surface area contributed by atoms with Crippen LogP contribution < -0.4 is 9.47 Å². The Balaban J connectivity index is 1.61. The average Bonchev–Trinajstić information content (AvgIpc) is 3.38. The number of phenols is 1. The Kier molecular flexibility index (Phi) is 4.20. The molecule has 6 heteroatoms. The van der Waals surface area contributed by atoms with Crippen LogP contribution in [0.4, 0.5) is 0 Å². The molecular formula is C22H20N2O3S. The van der Waals surface area contributed by atoms with Crippen LogP contribution in [0, 0.1) is 0 Å². The summed E-state index contributed by atoms with van der Waals surface area (Å²) in [6.45, 7) is 2.56. The number of hydrazone groups is 1. The summed E-state index contributed by atoms with van der Waals surface area (Å²) in [7, 11) is 0. The monoisotopic (exact) mass is 392 g/mol. The first-order valence-corrected chi connectivity index (χ1v) is 10.3. The van der Waals surface area contributed by atoms with E-state index >= 15 is 0 Å². The summed E-state index contributed by atoms with van der Waals surface area (Å²) >= 11 is 1.64. The van der Waals surface area contributed by atoms with Gasteiger partial charge in [-0.1, -0.05) is 24.3 Å². The van der Waals surface area contributed by atoms with E-state index in [1.54, 1.807) is 23.5 Å². The molecule has 5 nitrogen and oxygen atoms in total. The highest BCUT2D eigenvalue weighted by atomic mass is 32.1. The third-order valence-electron chi connectivity index (χ3n) is 5.09. The van der Waals surface area contributed by atoms with E-state index in [1.165, 1.54) is 0 Å². The largest absolute Gasteiger partial charge is 0.508 e. The van der Waals surface area contributed by atoms with Gasteiger partial charge in [0.15, 0.2) is 11.5 Å². The number of aromatic hydroxyl groups is 1. The maximum absolute atomic E-state index is 9.88. The van der Waals surface area contributed by atoms with Crippen molar-refractivity contribution < 1.29 is 14.6 Å². The van der Waals surface area contributed by atoms with Crippen LogP contribution in [0.1, 0.15) is 42.3 Å². The Labute approximate surface area is 167 Å². The van der Waals surface area contributed by atoms with Gasteiger partial charge in [0.2, 0.25) is 6.23 Å². The molecule has 5 rings (SSSR count). The van der Waals surface area contributed by atoms with Gasteiger partial charge in [-0.3, -0.25) is 0 Å². The number of thiophene rings is 1. The van der Waals surface area contributed by atoms with Gasteiger partial charge in [-0.15, -0.1) is 0 Å². The van der Waals surface area contributed by atoms with Crippen LogP contribution in [0.25, 0.3) is 0 Å². The average molecular weight is 392 g/mol. The highest BCUT2D eigenvalue weighted by molar-refractivity contribution is 7.07. The lowest BCUT2D eigenvalue weighted by Gasteiger charge is -2.38. The lowest BCUT2D eigenvalue weighted by Crippen LogP contribution is -2.33. The van der Waals surface area contributed by atoms with Crippen molar-refractivity contribution in [2.45, 2.75) is 25.6 Å². The molecule has 0 fully saturated rings. The Morgan fingerprint density at radius 2 is 2.14 bits per heavy atom. The van der Waals surface area contributed by atoms with E-state index in [9.17, 15) is 5.11 Å². The quantitative estimate of drug-likeness (QED) is 0.672. The van der Waals surface area contributed by atoms with Gasteiger partial charge in [0, 0.05) is 23.1 Å². The fraction of sp³-hybridized carbons (Fsp3) is 0.227. The Bertz CT molecular complexity index is 1030. The van der Waals surface area contributed by atoms with Gasteiger partial charge in [-0.25, -0.2) is 5.01 Å². The molecule has 2 unspecified atom stereocenters. The predicted molar refractivity (Wildman–Crippen MR) is 109 cm³/mol. The number of rotatable bonds is 4. The smallest absolute Gasteiger partial charge is 0.214 e. The summed E-state index contributed by atoms with van der Waals surface area (Å²) < 4.78 is 12.3. The number of para-hydroxylation sites is 1. The number of phenolic OH excluding ortho intramolecular Hbond substituents is 1. The highest BCUT2D eigenvalue weighted by Crippen LogP contribution is 2.50. The molecule has 0 saturated carbocycles. The van der Waals surface area contributed by atoms with E-state index in [2.05, 4.69) is 17.5 Å². The standard InChI is InChI=1S/C22H20N2O3S/c1-2-26-20-8-4-7-17-19-12-18(14-5-3-6-16(25)11-14)23-24(19)22(27-21(17)20)15-9-10-28-13-15/h3-11,13,19,22,25H,2,12H2,1H3. The second-order valence-electron chi connectivity index (χ2n) is 6.83. The predicted octanol–water partition coefficient (Wildman–Crippen LogP) is 5.09. The van der Waals surface area contributed by atoms with Gasteiger partial charge < -0.3 is 14.6 Å². The van der Waals surface area contributed by atoms with E-state index in [0.29, 0.717) is 6.61 Å². The summed E-state index contributed by atoms with van der Waals surface area (Å²) in [6, 6.07) is 15.4. The Hall–Kier alpha value is -2.99. The van der Waals surface area contributed by atoms with E-state index in [4.69, 9.17) is 14.6 Å². The summed E-state index contributed by atoms with van der Waals surface area (Å²) in [5.41, 5.74) is 4.03. The van der Waals surface area contributed by atoms with Gasteiger partial charge in [-0.05, 0) is 41.9 Å². The third kappa shape index (κ3) is 2.81. The zero-order valence-electron chi connectivity index (χ0n) is 15.4. The van der Waals surface area contributed by atoms with E-state index in [1.807, 2.05) is 41.6 Å². The van der Waals surface area contributed by atoms with E-state index in [-0.39, 0.29) is 18.0 Å². The molecule has 28 heavy (non-hydrogen) atoms. The van der Waals surface area contributed by atoms with Crippen molar-refractivity contribution in [3.05, 3.63) is 76.0 Å². The van der Waals surface area contributed by atoms with Crippen molar-refractivity contribution >= 4 is 17.0 Å². The van der Waals surface area contributed by atoms with Crippen molar-refractivity contribution in [3.63, 3.8) is 0 Å². The minimum absolute atomic E-state index is 0.0615. The van der Waals surface area contributed by atoms with Crippen molar-refractivity contribution in [2.24, 2.45) is 5.10 Å². The molecule has 2 aromatic carbocycles. The minimum Gasteiger partial charge on any atom is -0.508 e. The summed E-state index contributed by atoms with van der Waals surface area (Å²) in [6.07, 6.45) is 0.441. The molecule has 3 heterocycles. The first-order valence-electron chi connectivity index (χ1n) is 9.34. The van der Waals surface area contributed by atoms with Crippen molar-refractivity contribution in [3.8, 4) is 17.2 Å². The molecule has 142 valence electrons. The molecule has 2 aliphatic heterocycles. The summed E-state index contributed by atoms with van der Waals surface area (Å²) in [5.74, 6) is 1.81. The number of nitrogens with zero attached hydrogens (tertiary/aromatic N) is 2. The van der Waals surface area contributed by atoms with Gasteiger partial charge in [0.1, 0.15) is 5.75 Å². The topological polar surface area (TPSA) is 54.3 Å². The number of hydrogen-bond acceptors (Lipinski definition) is 6. The molecule has 0 amide bonds. The van der Waals surface area contributed by atoms with Crippen LogP contribution in [-0.4, -0.2) is 22.4 Å². The molecule has 3 aromatic rings. The lowest BCUT2D eigenvalue weighted by atomic mass is 9.95. The second kappa shape index (κ2) is 6.87. The Morgan fingerprint density at radius 1 is 1.25 bits per heavy atom. The molecule has 0 radical (unpaired) electrons. The first-order chi connectivity index (χ1) is 13.7. The number of hydrogen-bond donors (Lipinski definition) is 1. The first kappa shape index (κ1) is 17.1. The van der Waals surface area contributed by atoms with Gasteiger partial charge in [0.25, 0.3) is 0 Å². The zero-order valence-corrected chi connectivity index (χ0v) is 16.2. The number of benzene rings is 2. The van der Waals surface area contributed by atoms with Crippen LogP contribution in [0.2, 0.25) is 0 Å². The molecule has 1 N–H and O–H groups in total. The third-order valence-corrected chi connectivity index (χ3v) is 5.79. The molecule has 1 aromatic heterocycles. The van der Waals surface area contributed by atoms with Crippen LogP contribution in [0.15, 0.2) is 64.4 Å². The molecule has 2 atom stereocenters. The maximum atomic E-state index is 9.88. The highest BCUT2D eigenvalue weighted by Gasteiger charge is 2.42. The zero-order chi connectivity index (χ0) is 19.1. The van der Waals surface area contributed by atoms with Crippen molar-refractivity contribution in [2.75, 3.05) is 6.61 Å².